The molecule has 0 aromatic heterocycles. The van der Waals surface area contributed by atoms with Gasteiger partial charge in [-0.1, -0.05) is 27.7 Å². The minimum absolute atomic E-state index is 0.928. The fourth-order valence-corrected chi connectivity index (χ4v) is 3.03. The van der Waals surface area contributed by atoms with E-state index in [-0.39, 0.29) is 0 Å². The van der Waals surface area contributed by atoms with Crippen molar-refractivity contribution >= 4 is 17.2 Å². The second-order valence-corrected chi connectivity index (χ2v) is 7.34. The summed E-state index contributed by atoms with van der Waals surface area (Å²) in [5, 5.41) is 0. The first kappa shape index (κ1) is 10.9. The van der Waals surface area contributed by atoms with Crippen molar-refractivity contribution in [2.75, 3.05) is 12.3 Å². The zero-order valence-corrected chi connectivity index (χ0v) is 9.57. The highest BCUT2D eigenvalue weighted by molar-refractivity contribution is 7.43. The zero-order chi connectivity index (χ0) is 7.98. The second-order valence-electron chi connectivity index (χ2n) is 3.22. The molecule has 0 aliphatic rings. The summed E-state index contributed by atoms with van der Waals surface area (Å²) >= 11 is 0. The standard InChI is InChI=1S/C8H20P2/c1-7(2)9-5-6-10-8(3)4/h7-10H,5-6H2,1-4H3. The quantitative estimate of drug-likeness (QED) is 0.448. The molecule has 2 atom stereocenters. The molecule has 0 nitrogen and oxygen atoms in total. The maximum Gasteiger partial charge on any atom is -0.0293 e. The van der Waals surface area contributed by atoms with Gasteiger partial charge in [0.05, 0.1) is 0 Å². The minimum Gasteiger partial charge on any atom is -0.119 e. The average molecular weight is 178 g/mol. The van der Waals surface area contributed by atoms with Gasteiger partial charge in [-0.3, -0.25) is 0 Å². The summed E-state index contributed by atoms with van der Waals surface area (Å²) in [5.41, 5.74) is 1.86. The Morgan fingerprint density at radius 1 is 0.800 bits per heavy atom. The Hall–Kier alpha value is 0.860. The summed E-state index contributed by atoms with van der Waals surface area (Å²) in [6.07, 6.45) is 2.93. The van der Waals surface area contributed by atoms with Crippen LogP contribution in [0.5, 0.6) is 0 Å². The molecule has 0 aromatic carbocycles. The SMILES string of the molecule is CC(C)PCCPC(C)C. The van der Waals surface area contributed by atoms with Crippen molar-refractivity contribution in [2.45, 2.75) is 39.0 Å². The van der Waals surface area contributed by atoms with Gasteiger partial charge in [0.15, 0.2) is 0 Å². The fraction of sp³-hybridized carbons (Fsp3) is 1.00. The Morgan fingerprint density at radius 3 is 1.30 bits per heavy atom. The van der Waals surface area contributed by atoms with Gasteiger partial charge in [-0.15, -0.1) is 17.2 Å². The average Bonchev–Trinajstić information content (AvgIpc) is 1.79. The third kappa shape index (κ3) is 8.86. The van der Waals surface area contributed by atoms with Crippen molar-refractivity contribution < 1.29 is 0 Å². The van der Waals surface area contributed by atoms with Gasteiger partial charge >= 0.3 is 0 Å². The van der Waals surface area contributed by atoms with E-state index in [1.54, 1.807) is 0 Å². The lowest BCUT2D eigenvalue weighted by atomic mass is 10.6. The molecule has 0 fully saturated rings. The third-order valence-corrected chi connectivity index (χ3v) is 4.44. The Morgan fingerprint density at radius 2 is 1.10 bits per heavy atom. The molecule has 10 heavy (non-hydrogen) atoms. The maximum absolute atomic E-state index is 2.32. The van der Waals surface area contributed by atoms with E-state index in [2.05, 4.69) is 27.7 Å². The van der Waals surface area contributed by atoms with Crippen molar-refractivity contribution in [1.29, 1.82) is 0 Å². The van der Waals surface area contributed by atoms with Crippen LogP contribution < -0.4 is 0 Å². The molecule has 0 spiro atoms. The van der Waals surface area contributed by atoms with E-state index in [0.717, 1.165) is 11.3 Å². The van der Waals surface area contributed by atoms with Gasteiger partial charge in [0.25, 0.3) is 0 Å². The molecule has 0 bridgehead atoms. The van der Waals surface area contributed by atoms with Crippen molar-refractivity contribution in [3.05, 3.63) is 0 Å². The highest BCUT2D eigenvalue weighted by atomic mass is 31.1. The first-order valence-corrected chi connectivity index (χ1v) is 6.66. The summed E-state index contributed by atoms with van der Waals surface area (Å²) in [6, 6.07) is 0. The van der Waals surface area contributed by atoms with Crippen molar-refractivity contribution in [3.8, 4) is 0 Å². The van der Waals surface area contributed by atoms with Crippen LogP contribution in [0.15, 0.2) is 0 Å². The van der Waals surface area contributed by atoms with Gasteiger partial charge in [-0.25, -0.2) is 0 Å². The lowest BCUT2D eigenvalue weighted by Gasteiger charge is -2.06. The predicted molar refractivity (Wildman–Crippen MR) is 56.6 cm³/mol. The summed E-state index contributed by atoms with van der Waals surface area (Å²) in [4.78, 5) is 0. The molecule has 0 N–H and O–H groups in total. The molecule has 0 radical (unpaired) electrons. The Bertz CT molecular complexity index is 59.7. The molecule has 2 heteroatoms. The van der Waals surface area contributed by atoms with Gasteiger partial charge in [-0.05, 0) is 23.6 Å². The van der Waals surface area contributed by atoms with Gasteiger partial charge in [0.2, 0.25) is 0 Å². The smallest absolute Gasteiger partial charge is 0.0293 e. The first-order valence-electron chi connectivity index (χ1n) is 4.09. The Labute approximate surface area is 69.1 Å². The van der Waals surface area contributed by atoms with Crippen LogP contribution in [-0.4, -0.2) is 23.6 Å². The zero-order valence-electron chi connectivity index (χ0n) is 7.57. The molecule has 0 rings (SSSR count). The topological polar surface area (TPSA) is 0 Å². The molecule has 0 saturated heterocycles. The molecule has 0 aliphatic carbocycles. The van der Waals surface area contributed by atoms with E-state index in [4.69, 9.17) is 0 Å². The van der Waals surface area contributed by atoms with Crippen molar-refractivity contribution in [1.82, 2.24) is 0 Å². The van der Waals surface area contributed by atoms with Gasteiger partial charge < -0.3 is 0 Å². The summed E-state index contributed by atoms with van der Waals surface area (Å²) in [5.74, 6) is 0. The second kappa shape index (κ2) is 6.56. The molecule has 0 saturated carbocycles. The Kier molecular flexibility index (Phi) is 7.13. The maximum atomic E-state index is 2.32. The lowest BCUT2D eigenvalue weighted by molar-refractivity contribution is 1.09. The molecule has 0 heterocycles. The predicted octanol–water partition coefficient (Wildman–Crippen LogP) is 3.16. The van der Waals surface area contributed by atoms with E-state index >= 15 is 0 Å². The summed E-state index contributed by atoms with van der Waals surface area (Å²) in [6.45, 7) is 9.27. The van der Waals surface area contributed by atoms with E-state index in [1.807, 2.05) is 0 Å². The van der Waals surface area contributed by atoms with Crippen molar-refractivity contribution in [2.24, 2.45) is 0 Å². The molecule has 0 aliphatic heterocycles. The first-order chi connectivity index (χ1) is 4.63. The largest absolute Gasteiger partial charge is 0.119 e. The van der Waals surface area contributed by atoms with Crippen LogP contribution >= 0.6 is 17.2 Å². The number of hydrogen-bond donors (Lipinski definition) is 0. The van der Waals surface area contributed by atoms with Gasteiger partial charge in [0, 0.05) is 0 Å². The van der Waals surface area contributed by atoms with Gasteiger partial charge in [0.1, 0.15) is 0 Å². The molecule has 0 aromatic rings. The van der Waals surface area contributed by atoms with Crippen LogP contribution in [0.25, 0.3) is 0 Å². The van der Waals surface area contributed by atoms with E-state index in [0.29, 0.717) is 0 Å². The normalized spacial score (nSPS) is 13.8. The number of rotatable bonds is 5. The molecular formula is C8H20P2. The van der Waals surface area contributed by atoms with Crippen LogP contribution in [0.3, 0.4) is 0 Å². The molecule has 62 valence electrons. The summed E-state index contributed by atoms with van der Waals surface area (Å²) < 4.78 is 0. The van der Waals surface area contributed by atoms with Crippen LogP contribution in [0.4, 0.5) is 0 Å². The van der Waals surface area contributed by atoms with Crippen LogP contribution in [-0.2, 0) is 0 Å². The van der Waals surface area contributed by atoms with E-state index in [1.165, 1.54) is 29.5 Å². The van der Waals surface area contributed by atoms with Crippen LogP contribution in [0, 0.1) is 0 Å². The van der Waals surface area contributed by atoms with E-state index < -0.39 is 0 Å². The van der Waals surface area contributed by atoms with E-state index in [9.17, 15) is 0 Å². The van der Waals surface area contributed by atoms with Gasteiger partial charge in [-0.2, -0.15) is 0 Å². The minimum atomic E-state index is 0.928. The number of hydrogen-bond acceptors (Lipinski definition) is 0. The highest BCUT2D eigenvalue weighted by Crippen LogP contribution is 2.24. The molecule has 2 unspecified atom stereocenters. The fourth-order valence-electron chi connectivity index (χ4n) is 0.722. The highest BCUT2D eigenvalue weighted by Gasteiger charge is 1.95. The monoisotopic (exact) mass is 178 g/mol. The van der Waals surface area contributed by atoms with Crippen LogP contribution in [0.1, 0.15) is 27.7 Å². The Balaban J connectivity index is 2.91. The molecule has 0 amide bonds. The third-order valence-electron chi connectivity index (χ3n) is 1.23. The van der Waals surface area contributed by atoms with Crippen molar-refractivity contribution in [3.63, 3.8) is 0 Å². The molecular weight excluding hydrogens is 158 g/mol. The summed E-state index contributed by atoms with van der Waals surface area (Å²) in [7, 11) is 2.39. The van der Waals surface area contributed by atoms with Crippen LogP contribution in [0.2, 0.25) is 0 Å². The lowest BCUT2D eigenvalue weighted by Crippen LogP contribution is -1.91.